The van der Waals surface area contributed by atoms with Crippen molar-refractivity contribution in [1.82, 2.24) is 20.2 Å². The summed E-state index contributed by atoms with van der Waals surface area (Å²) in [5, 5.41) is 7.42. The van der Waals surface area contributed by atoms with Crippen LogP contribution in [0.5, 0.6) is 0 Å². The van der Waals surface area contributed by atoms with Gasteiger partial charge in [0, 0.05) is 31.2 Å². The number of nitrogens with two attached hydrogens (primary N) is 1. The van der Waals surface area contributed by atoms with E-state index in [0.717, 1.165) is 31.7 Å². The summed E-state index contributed by atoms with van der Waals surface area (Å²) in [5.41, 5.74) is 8.71. The Morgan fingerprint density at radius 3 is 2.79 bits per heavy atom. The van der Waals surface area contributed by atoms with Gasteiger partial charge in [0.1, 0.15) is 5.82 Å². The lowest BCUT2D eigenvalue weighted by molar-refractivity contribution is 0.109. The van der Waals surface area contributed by atoms with Gasteiger partial charge in [-0.25, -0.2) is 23.6 Å². The number of halogens is 2. The summed E-state index contributed by atoms with van der Waals surface area (Å²) < 4.78 is 27.4. The van der Waals surface area contributed by atoms with Gasteiger partial charge in [-0.05, 0) is 42.9 Å². The maximum Gasteiger partial charge on any atom is 0.245 e. The summed E-state index contributed by atoms with van der Waals surface area (Å²) in [6.07, 6.45) is 1.52. The maximum atomic E-state index is 13.7. The SMILES string of the molecule is [C-]#[N+]c1ccc2c(c1)C(C(F)F)CCN2c1n[nH]c2nc(N3CCC(C)(CN)CC3)cnc12. The van der Waals surface area contributed by atoms with Crippen LogP contribution in [0.25, 0.3) is 16.0 Å². The summed E-state index contributed by atoms with van der Waals surface area (Å²) in [6.45, 7) is 12.3. The number of rotatable bonds is 4. The van der Waals surface area contributed by atoms with E-state index in [-0.39, 0.29) is 11.8 Å². The predicted octanol–water partition coefficient (Wildman–Crippen LogP) is 4.36. The van der Waals surface area contributed by atoms with Crippen molar-refractivity contribution in [3.63, 3.8) is 0 Å². The molecule has 4 heterocycles. The third-order valence-corrected chi connectivity index (χ3v) is 7.08. The standard InChI is InChI=1S/C23H26F2N8/c1-23(13-26)6-9-32(10-7-23)18-12-28-19-21(29-18)30-31-22(19)33-8-5-15(20(24)25)16-11-14(27-2)3-4-17(16)33/h3-4,11-12,15,20H,5-10,13,26H2,1H3,(H,29,30,31). The highest BCUT2D eigenvalue weighted by Gasteiger charge is 2.34. The first-order valence-electron chi connectivity index (χ1n) is 11.2. The maximum absolute atomic E-state index is 13.7. The molecule has 2 aromatic heterocycles. The van der Waals surface area contributed by atoms with Crippen molar-refractivity contribution >= 4 is 34.2 Å². The molecule has 3 aromatic rings. The van der Waals surface area contributed by atoms with Crippen LogP contribution in [0.3, 0.4) is 0 Å². The topological polar surface area (TPSA) is 91.3 Å². The number of aromatic nitrogens is 4. The van der Waals surface area contributed by atoms with Gasteiger partial charge in [-0.1, -0.05) is 19.1 Å². The van der Waals surface area contributed by atoms with Crippen molar-refractivity contribution in [3.8, 4) is 0 Å². The van der Waals surface area contributed by atoms with Gasteiger partial charge >= 0.3 is 0 Å². The lowest BCUT2D eigenvalue weighted by atomic mass is 9.80. The second-order valence-corrected chi connectivity index (χ2v) is 9.21. The van der Waals surface area contributed by atoms with Gasteiger partial charge in [-0.15, -0.1) is 0 Å². The Morgan fingerprint density at radius 1 is 1.30 bits per heavy atom. The van der Waals surface area contributed by atoms with E-state index in [2.05, 4.69) is 31.9 Å². The number of aromatic amines is 1. The Kier molecular flexibility index (Phi) is 5.37. The highest BCUT2D eigenvalue weighted by molar-refractivity contribution is 5.88. The van der Waals surface area contributed by atoms with E-state index < -0.39 is 12.3 Å². The van der Waals surface area contributed by atoms with Crippen LogP contribution in [0, 0.1) is 12.0 Å². The molecule has 2 aliphatic rings. The molecule has 0 saturated carbocycles. The molecule has 8 nitrogen and oxygen atoms in total. The van der Waals surface area contributed by atoms with Crippen LogP contribution >= 0.6 is 0 Å². The van der Waals surface area contributed by atoms with Gasteiger partial charge in [0.2, 0.25) is 6.43 Å². The fourth-order valence-electron chi connectivity index (χ4n) is 4.78. The minimum atomic E-state index is -2.49. The molecule has 5 rings (SSSR count). The van der Waals surface area contributed by atoms with Crippen molar-refractivity contribution in [2.24, 2.45) is 11.1 Å². The zero-order valence-electron chi connectivity index (χ0n) is 18.4. The summed E-state index contributed by atoms with van der Waals surface area (Å²) in [4.78, 5) is 16.9. The first kappa shape index (κ1) is 21.5. The quantitative estimate of drug-likeness (QED) is 0.572. The molecule has 0 radical (unpaired) electrons. The number of nitrogens with zero attached hydrogens (tertiary/aromatic N) is 6. The largest absolute Gasteiger partial charge is 0.355 e. The van der Waals surface area contributed by atoms with E-state index in [1.807, 2.05) is 4.90 Å². The number of benzene rings is 1. The molecule has 1 unspecified atom stereocenters. The van der Waals surface area contributed by atoms with Crippen molar-refractivity contribution in [3.05, 3.63) is 41.4 Å². The average molecular weight is 453 g/mol. The van der Waals surface area contributed by atoms with Crippen LogP contribution in [0.1, 0.15) is 37.7 Å². The van der Waals surface area contributed by atoms with Crippen LogP contribution in [-0.2, 0) is 0 Å². The van der Waals surface area contributed by atoms with Crippen LogP contribution in [0.4, 0.5) is 31.8 Å². The Labute approximate surface area is 190 Å². The normalized spacial score (nSPS) is 20.2. The molecule has 0 spiro atoms. The number of H-pyrrole nitrogens is 1. The Bertz CT molecular complexity index is 1210. The molecular weight excluding hydrogens is 426 g/mol. The van der Waals surface area contributed by atoms with E-state index in [1.54, 1.807) is 24.4 Å². The summed E-state index contributed by atoms with van der Waals surface area (Å²) in [6, 6.07) is 4.94. The molecule has 1 aromatic carbocycles. The van der Waals surface area contributed by atoms with Crippen molar-refractivity contribution in [2.75, 3.05) is 36.0 Å². The lowest BCUT2D eigenvalue weighted by Gasteiger charge is -2.39. The number of anilines is 3. The highest BCUT2D eigenvalue weighted by Crippen LogP contribution is 2.44. The molecule has 0 bridgehead atoms. The highest BCUT2D eigenvalue weighted by atomic mass is 19.3. The Hall–Kier alpha value is -3.32. The van der Waals surface area contributed by atoms with E-state index in [9.17, 15) is 8.78 Å². The van der Waals surface area contributed by atoms with Crippen molar-refractivity contribution in [2.45, 2.75) is 38.5 Å². The molecule has 2 aliphatic heterocycles. The Morgan fingerprint density at radius 2 is 2.09 bits per heavy atom. The Balaban J connectivity index is 1.47. The molecule has 0 aliphatic carbocycles. The molecule has 10 heteroatoms. The van der Waals surface area contributed by atoms with Crippen LogP contribution in [-0.4, -0.2) is 52.8 Å². The molecule has 33 heavy (non-hydrogen) atoms. The second kappa shape index (κ2) is 8.23. The third-order valence-electron chi connectivity index (χ3n) is 7.08. The van der Waals surface area contributed by atoms with Gasteiger partial charge in [0.15, 0.2) is 22.7 Å². The monoisotopic (exact) mass is 452 g/mol. The molecular formula is C23H26F2N8. The number of hydrogen-bond acceptors (Lipinski definition) is 6. The minimum absolute atomic E-state index is 0.167. The second-order valence-electron chi connectivity index (χ2n) is 9.21. The number of piperidine rings is 1. The predicted molar refractivity (Wildman–Crippen MR) is 123 cm³/mol. The van der Waals surface area contributed by atoms with E-state index in [0.29, 0.717) is 47.0 Å². The molecule has 1 fully saturated rings. The van der Waals surface area contributed by atoms with E-state index in [1.165, 1.54) is 0 Å². The summed E-state index contributed by atoms with van der Waals surface area (Å²) >= 11 is 0. The van der Waals surface area contributed by atoms with E-state index >= 15 is 0 Å². The van der Waals surface area contributed by atoms with Gasteiger partial charge in [0.25, 0.3) is 0 Å². The summed E-state index contributed by atoms with van der Waals surface area (Å²) in [7, 11) is 0. The van der Waals surface area contributed by atoms with Crippen LogP contribution in [0.2, 0.25) is 0 Å². The average Bonchev–Trinajstić information content (AvgIpc) is 3.26. The number of nitrogens with one attached hydrogen (secondary N) is 1. The van der Waals surface area contributed by atoms with Gasteiger partial charge in [-0.2, -0.15) is 5.10 Å². The summed E-state index contributed by atoms with van der Waals surface area (Å²) in [5.74, 6) is 0.442. The van der Waals surface area contributed by atoms with Gasteiger partial charge < -0.3 is 15.5 Å². The first-order chi connectivity index (χ1) is 15.9. The fraction of sp³-hybridized carbons (Fsp3) is 0.478. The molecule has 1 saturated heterocycles. The molecule has 0 amide bonds. The van der Waals surface area contributed by atoms with Crippen LogP contribution < -0.4 is 15.5 Å². The third kappa shape index (κ3) is 3.76. The van der Waals surface area contributed by atoms with Gasteiger partial charge in [0.05, 0.1) is 12.8 Å². The molecule has 3 N–H and O–H groups in total. The van der Waals surface area contributed by atoms with Crippen molar-refractivity contribution < 1.29 is 8.78 Å². The van der Waals surface area contributed by atoms with Gasteiger partial charge in [-0.3, -0.25) is 5.10 Å². The number of alkyl halides is 2. The zero-order chi connectivity index (χ0) is 23.2. The number of hydrogen-bond donors (Lipinski definition) is 2. The molecule has 1 atom stereocenters. The van der Waals surface area contributed by atoms with Crippen LogP contribution in [0.15, 0.2) is 24.4 Å². The lowest BCUT2D eigenvalue weighted by Crippen LogP contribution is -2.42. The smallest absolute Gasteiger partial charge is 0.245 e. The first-order valence-corrected chi connectivity index (χ1v) is 11.2. The number of fused-ring (bicyclic) bond motifs is 2. The molecule has 172 valence electrons. The zero-order valence-corrected chi connectivity index (χ0v) is 18.4. The van der Waals surface area contributed by atoms with Crippen molar-refractivity contribution in [1.29, 1.82) is 0 Å². The van der Waals surface area contributed by atoms with E-state index in [4.69, 9.17) is 17.3 Å². The minimum Gasteiger partial charge on any atom is -0.355 e. The fourth-order valence-corrected chi connectivity index (χ4v) is 4.78.